The van der Waals surface area contributed by atoms with Crippen LogP contribution in [-0.2, 0) is 10.0 Å². The molecule has 0 radical (unpaired) electrons. The number of anilines is 1. The normalized spacial score (nSPS) is 17.7. The molecule has 1 aliphatic heterocycles. The number of H-pyrrole nitrogens is 1. The van der Waals surface area contributed by atoms with Crippen molar-refractivity contribution in [3.05, 3.63) is 48.4 Å². The minimum atomic E-state index is -3.55. The zero-order valence-corrected chi connectivity index (χ0v) is 18.3. The zero-order valence-electron chi connectivity index (χ0n) is 17.5. The summed E-state index contributed by atoms with van der Waals surface area (Å²) in [6, 6.07) is 11.5. The van der Waals surface area contributed by atoms with Crippen molar-refractivity contribution in [2.24, 2.45) is 0 Å². The Morgan fingerprint density at radius 2 is 2.00 bits per heavy atom. The first-order valence-electron chi connectivity index (χ1n) is 10.7. The van der Waals surface area contributed by atoms with Gasteiger partial charge < -0.3 is 9.88 Å². The predicted molar refractivity (Wildman–Crippen MR) is 119 cm³/mol. The molecule has 3 heterocycles. The number of sulfonamides is 1. The number of aromatic nitrogens is 3. The van der Waals surface area contributed by atoms with Crippen LogP contribution in [0.15, 0.2) is 47.5 Å². The summed E-state index contributed by atoms with van der Waals surface area (Å²) in [5.74, 6) is 2.11. The van der Waals surface area contributed by atoms with E-state index in [1.54, 1.807) is 6.07 Å². The molecule has 0 amide bonds. The first-order chi connectivity index (χ1) is 14.5. The number of hydrogen-bond acceptors (Lipinski definition) is 5. The van der Waals surface area contributed by atoms with Crippen LogP contribution in [0.5, 0.6) is 0 Å². The molecule has 2 aromatic heterocycles. The maximum atomic E-state index is 12.6. The smallest absolute Gasteiger partial charge is 0.242 e. The molecule has 0 aliphatic carbocycles. The summed E-state index contributed by atoms with van der Waals surface area (Å²) in [5.41, 5.74) is 2.05. The van der Waals surface area contributed by atoms with Crippen LogP contribution in [0.4, 0.5) is 5.82 Å². The van der Waals surface area contributed by atoms with E-state index in [-0.39, 0.29) is 10.9 Å². The SMILES string of the molecule is CCC(CC)NS(=O)(=O)c1ccc(N2CCCC(c3nc4ccccc4[nH]3)C2)nc1. The van der Waals surface area contributed by atoms with Gasteiger partial charge in [-0.05, 0) is 49.9 Å². The number of benzene rings is 1. The standard InChI is InChI=1S/C22H29N5O2S/c1-3-17(4-2)26-30(28,29)18-11-12-21(23-14-18)27-13-7-8-16(15-27)22-24-19-9-5-6-10-20(19)25-22/h5-6,9-12,14,16-17,26H,3-4,7-8,13,15H2,1-2H3,(H,24,25). The molecule has 1 aromatic carbocycles. The Labute approximate surface area is 178 Å². The summed E-state index contributed by atoms with van der Waals surface area (Å²) in [5, 5.41) is 0. The summed E-state index contributed by atoms with van der Waals surface area (Å²) >= 11 is 0. The lowest BCUT2D eigenvalue weighted by Crippen LogP contribution is -2.36. The van der Waals surface area contributed by atoms with E-state index in [4.69, 9.17) is 4.98 Å². The van der Waals surface area contributed by atoms with Crippen molar-refractivity contribution in [2.75, 3.05) is 18.0 Å². The van der Waals surface area contributed by atoms with Crippen molar-refractivity contribution < 1.29 is 8.42 Å². The molecule has 1 unspecified atom stereocenters. The Morgan fingerprint density at radius 3 is 2.70 bits per heavy atom. The highest BCUT2D eigenvalue weighted by Gasteiger charge is 2.25. The average Bonchev–Trinajstić information content (AvgIpc) is 3.22. The van der Waals surface area contributed by atoms with Crippen LogP contribution in [-0.4, -0.2) is 42.5 Å². The van der Waals surface area contributed by atoms with Crippen LogP contribution in [0.1, 0.15) is 51.3 Å². The van der Waals surface area contributed by atoms with Gasteiger partial charge in [0.25, 0.3) is 0 Å². The first-order valence-corrected chi connectivity index (χ1v) is 12.2. The number of nitrogens with one attached hydrogen (secondary N) is 2. The number of hydrogen-bond donors (Lipinski definition) is 2. The van der Waals surface area contributed by atoms with Gasteiger partial charge in [-0.3, -0.25) is 0 Å². The van der Waals surface area contributed by atoms with Gasteiger partial charge in [-0.15, -0.1) is 0 Å². The molecule has 3 aromatic rings. The molecule has 0 saturated carbocycles. The van der Waals surface area contributed by atoms with Crippen LogP contribution < -0.4 is 9.62 Å². The summed E-state index contributed by atoms with van der Waals surface area (Å²) < 4.78 is 27.9. The lowest BCUT2D eigenvalue weighted by molar-refractivity contribution is 0.492. The third-order valence-electron chi connectivity index (χ3n) is 5.88. The first kappa shape index (κ1) is 20.8. The Kier molecular flexibility index (Phi) is 6.06. The quantitative estimate of drug-likeness (QED) is 0.598. The molecular formula is C22H29N5O2S. The molecule has 1 fully saturated rings. The monoisotopic (exact) mass is 427 g/mol. The molecule has 8 heteroatoms. The fraction of sp³-hybridized carbons (Fsp3) is 0.455. The molecule has 4 rings (SSSR count). The Hall–Kier alpha value is -2.45. The number of rotatable bonds is 7. The van der Waals surface area contributed by atoms with Crippen molar-refractivity contribution >= 4 is 26.9 Å². The lowest BCUT2D eigenvalue weighted by Gasteiger charge is -2.32. The average molecular weight is 428 g/mol. The Morgan fingerprint density at radius 1 is 1.20 bits per heavy atom. The van der Waals surface area contributed by atoms with Crippen LogP contribution in [0.3, 0.4) is 0 Å². The number of piperidine rings is 1. The van der Waals surface area contributed by atoms with Gasteiger partial charge in [0.15, 0.2) is 0 Å². The number of nitrogens with zero attached hydrogens (tertiary/aromatic N) is 3. The Balaban J connectivity index is 1.48. The van der Waals surface area contributed by atoms with Gasteiger partial charge in [0.1, 0.15) is 16.5 Å². The summed E-state index contributed by atoms with van der Waals surface area (Å²) in [7, 11) is -3.55. The molecule has 7 nitrogen and oxygen atoms in total. The molecule has 160 valence electrons. The van der Waals surface area contributed by atoms with Crippen molar-refractivity contribution in [1.82, 2.24) is 19.7 Å². The highest BCUT2D eigenvalue weighted by molar-refractivity contribution is 7.89. The molecule has 30 heavy (non-hydrogen) atoms. The van der Waals surface area contributed by atoms with Crippen molar-refractivity contribution in [3.63, 3.8) is 0 Å². The minimum absolute atomic E-state index is 0.0543. The van der Waals surface area contributed by atoms with Gasteiger partial charge in [0.2, 0.25) is 10.0 Å². The van der Waals surface area contributed by atoms with E-state index in [9.17, 15) is 8.42 Å². The second-order valence-corrected chi connectivity index (χ2v) is 9.63. The summed E-state index contributed by atoms with van der Waals surface area (Å²) in [6.07, 6.45) is 5.10. The van der Waals surface area contributed by atoms with Gasteiger partial charge in [0, 0.05) is 31.2 Å². The lowest BCUT2D eigenvalue weighted by atomic mass is 9.97. The van der Waals surface area contributed by atoms with E-state index in [1.165, 1.54) is 6.20 Å². The second kappa shape index (κ2) is 8.73. The third kappa shape index (κ3) is 4.34. The fourth-order valence-corrected chi connectivity index (χ4v) is 5.38. The molecule has 1 saturated heterocycles. The molecular weight excluding hydrogens is 398 g/mol. The van der Waals surface area contributed by atoms with E-state index in [0.717, 1.165) is 61.4 Å². The van der Waals surface area contributed by atoms with Gasteiger partial charge >= 0.3 is 0 Å². The number of aromatic amines is 1. The van der Waals surface area contributed by atoms with Crippen LogP contribution in [0, 0.1) is 0 Å². The second-order valence-electron chi connectivity index (χ2n) is 7.91. The number of imidazole rings is 1. The zero-order chi connectivity index (χ0) is 21.1. The third-order valence-corrected chi connectivity index (χ3v) is 7.38. The largest absolute Gasteiger partial charge is 0.356 e. The van der Waals surface area contributed by atoms with Crippen molar-refractivity contribution in [2.45, 2.75) is 56.4 Å². The van der Waals surface area contributed by atoms with E-state index in [2.05, 4.69) is 19.6 Å². The van der Waals surface area contributed by atoms with E-state index >= 15 is 0 Å². The minimum Gasteiger partial charge on any atom is -0.356 e. The number of para-hydroxylation sites is 2. The van der Waals surface area contributed by atoms with E-state index < -0.39 is 10.0 Å². The molecule has 0 bridgehead atoms. The molecule has 2 N–H and O–H groups in total. The highest BCUT2D eigenvalue weighted by Crippen LogP contribution is 2.29. The molecule has 0 spiro atoms. The van der Waals surface area contributed by atoms with Crippen molar-refractivity contribution in [1.29, 1.82) is 0 Å². The summed E-state index contributed by atoms with van der Waals surface area (Å²) in [4.78, 5) is 15.1. The van der Waals surface area contributed by atoms with Crippen LogP contribution in [0.25, 0.3) is 11.0 Å². The Bertz CT molecular complexity index is 1060. The maximum Gasteiger partial charge on any atom is 0.242 e. The fourth-order valence-electron chi connectivity index (χ4n) is 4.04. The van der Waals surface area contributed by atoms with Gasteiger partial charge in [0.05, 0.1) is 11.0 Å². The summed E-state index contributed by atoms with van der Waals surface area (Å²) in [6.45, 7) is 5.67. The van der Waals surface area contributed by atoms with Crippen molar-refractivity contribution in [3.8, 4) is 0 Å². The highest BCUT2D eigenvalue weighted by atomic mass is 32.2. The number of pyridine rings is 1. The predicted octanol–water partition coefficient (Wildman–Crippen LogP) is 3.81. The topological polar surface area (TPSA) is 91.0 Å². The maximum absolute atomic E-state index is 12.6. The molecule has 1 aliphatic rings. The van der Waals surface area contributed by atoms with Crippen LogP contribution >= 0.6 is 0 Å². The molecule has 1 atom stereocenters. The van der Waals surface area contributed by atoms with Gasteiger partial charge in [-0.2, -0.15) is 0 Å². The van der Waals surface area contributed by atoms with Gasteiger partial charge in [-0.1, -0.05) is 26.0 Å². The van der Waals surface area contributed by atoms with Gasteiger partial charge in [-0.25, -0.2) is 23.1 Å². The van der Waals surface area contributed by atoms with E-state index in [0.29, 0.717) is 5.92 Å². The van der Waals surface area contributed by atoms with E-state index in [1.807, 2.05) is 44.2 Å². The van der Waals surface area contributed by atoms with Crippen LogP contribution in [0.2, 0.25) is 0 Å². The number of fused-ring (bicyclic) bond motifs is 1.